The van der Waals surface area contributed by atoms with Gasteiger partial charge in [-0.1, -0.05) is 23.7 Å². The van der Waals surface area contributed by atoms with Gasteiger partial charge in [0, 0.05) is 5.56 Å². The van der Waals surface area contributed by atoms with E-state index in [1.165, 1.54) is 6.07 Å². The number of rotatable bonds is 3. The number of para-hydroxylation sites is 2. The minimum atomic E-state index is 0.0990. The van der Waals surface area contributed by atoms with Crippen LogP contribution in [0.25, 0.3) is 0 Å². The summed E-state index contributed by atoms with van der Waals surface area (Å²) in [5.41, 5.74) is 0.919. The molecule has 1 aromatic heterocycles. The fourth-order valence-electron chi connectivity index (χ4n) is 1.37. The van der Waals surface area contributed by atoms with Gasteiger partial charge in [0.2, 0.25) is 0 Å². The lowest BCUT2D eigenvalue weighted by Gasteiger charge is -2.07. The fraction of sp³-hybridized carbons (Fsp3) is 0. The molecular weight excluding hydrogens is 240 g/mol. The third kappa shape index (κ3) is 2.73. The number of halogens is 1. The first-order valence-corrected chi connectivity index (χ1v) is 5.24. The Kier molecular flexibility index (Phi) is 3.25. The molecule has 0 fully saturated rings. The monoisotopic (exact) mass is 248 g/mol. The van der Waals surface area contributed by atoms with Gasteiger partial charge in [0.25, 0.3) is 0 Å². The van der Waals surface area contributed by atoms with E-state index >= 15 is 0 Å². The zero-order valence-corrected chi connectivity index (χ0v) is 9.48. The summed E-state index contributed by atoms with van der Waals surface area (Å²) < 4.78 is 0. The molecule has 5 heteroatoms. The molecule has 0 radical (unpaired) electrons. The van der Waals surface area contributed by atoms with Crippen LogP contribution in [0.15, 0.2) is 36.4 Å². The van der Waals surface area contributed by atoms with Gasteiger partial charge in [-0.2, -0.15) is 0 Å². The lowest BCUT2D eigenvalue weighted by molar-refractivity contribution is 0.112. The van der Waals surface area contributed by atoms with Gasteiger partial charge in [-0.05, 0) is 24.3 Å². The van der Waals surface area contributed by atoms with E-state index in [2.05, 4.69) is 10.3 Å². The fourth-order valence-corrected chi connectivity index (χ4v) is 1.58. The molecule has 2 N–H and O–H groups in total. The zero-order chi connectivity index (χ0) is 12.3. The van der Waals surface area contributed by atoms with Crippen LogP contribution in [-0.4, -0.2) is 16.4 Å². The minimum absolute atomic E-state index is 0.0990. The van der Waals surface area contributed by atoms with Gasteiger partial charge in [-0.15, -0.1) is 0 Å². The van der Waals surface area contributed by atoms with Crippen LogP contribution in [0.3, 0.4) is 0 Å². The average Bonchev–Trinajstić information content (AvgIpc) is 2.31. The quantitative estimate of drug-likeness (QED) is 0.498. The van der Waals surface area contributed by atoms with Crippen molar-refractivity contribution < 1.29 is 9.90 Å². The highest BCUT2D eigenvalue weighted by Crippen LogP contribution is 2.25. The van der Waals surface area contributed by atoms with E-state index in [4.69, 9.17) is 11.6 Å². The summed E-state index contributed by atoms with van der Waals surface area (Å²) >= 11 is 5.76. The molecule has 0 aliphatic carbocycles. The van der Waals surface area contributed by atoms with Crippen LogP contribution in [0.4, 0.5) is 11.5 Å². The van der Waals surface area contributed by atoms with Crippen molar-refractivity contribution in [2.45, 2.75) is 0 Å². The summed E-state index contributed by atoms with van der Waals surface area (Å²) in [7, 11) is 0. The van der Waals surface area contributed by atoms with Crippen molar-refractivity contribution in [3.63, 3.8) is 0 Å². The second kappa shape index (κ2) is 4.84. The summed E-state index contributed by atoms with van der Waals surface area (Å²) in [6.45, 7) is 0. The Labute approximate surface area is 103 Å². The van der Waals surface area contributed by atoms with Crippen molar-refractivity contribution in [3.8, 4) is 5.75 Å². The molecule has 0 amide bonds. The lowest BCUT2D eigenvalue weighted by atomic mass is 10.2. The second-order valence-corrected chi connectivity index (χ2v) is 3.76. The average molecular weight is 249 g/mol. The van der Waals surface area contributed by atoms with Crippen LogP contribution >= 0.6 is 11.6 Å². The number of nitrogens with zero attached hydrogens (tertiary/aromatic N) is 1. The van der Waals surface area contributed by atoms with Crippen molar-refractivity contribution >= 4 is 29.4 Å². The molecule has 4 nitrogen and oxygen atoms in total. The van der Waals surface area contributed by atoms with Gasteiger partial charge in [0.1, 0.15) is 23.0 Å². The maximum atomic E-state index is 10.7. The Hall–Kier alpha value is -2.07. The summed E-state index contributed by atoms with van der Waals surface area (Å²) in [4.78, 5) is 14.7. The molecular formula is C12H9ClN2O2. The molecule has 17 heavy (non-hydrogen) atoms. The normalized spacial score (nSPS) is 9.94. The number of aldehydes is 1. The Morgan fingerprint density at radius 3 is 2.76 bits per heavy atom. The van der Waals surface area contributed by atoms with E-state index < -0.39 is 0 Å². The van der Waals surface area contributed by atoms with Crippen LogP contribution in [0.1, 0.15) is 10.4 Å². The SMILES string of the molecule is O=Cc1cc(Cl)nc(Nc2ccccc2O)c1. The van der Waals surface area contributed by atoms with Crippen LogP contribution in [0, 0.1) is 0 Å². The number of hydrogen-bond acceptors (Lipinski definition) is 4. The maximum Gasteiger partial charge on any atom is 0.150 e. The number of anilines is 2. The highest BCUT2D eigenvalue weighted by Gasteiger charge is 2.04. The molecule has 0 bridgehead atoms. The van der Waals surface area contributed by atoms with E-state index in [0.717, 1.165) is 0 Å². The van der Waals surface area contributed by atoms with Crippen LogP contribution < -0.4 is 5.32 Å². The first-order valence-electron chi connectivity index (χ1n) is 4.87. The molecule has 0 saturated heterocycles. The number of hydrogen-bond donors (Lipinski definition) is 2. The van der Waals surface area contributed by atoms with Crippen molar-refractivity contribution in [3.05, 3.63) is 47.1 Å². The molecule has 1 aromatic carbocycles. The molecule has 0 spiro atoms. The molecule has 0 aliphatic heterocycles. The Bertz CT molecular complexity index is 558. The van der Waals surface area contributed by atoms with Gasteiger partial charge < -0.3 is 10.4 Å². The number of phenols is 1. The van der Waals surface area contributed by atoms with Gasteiger partial charge >= 0.3 is 0 Å². The van der Waals surface area contributed by atoms with Crippen LogP contribution in [0.5, 0.6) is 5.75 Å². The third-order valence-electron chi connectivity index (χ3n) is 2.12. The first-order chi connectivity index (χ1) is 8.19. The summed E-state index contributed by atoms with van der Waals surface area (Å²) in [6, 6.07) is 9.73. The largest absolute Gasteiger partial charge is 0.506 e. The van der Waals surface area contributed by atoms with Crippen LogP contribution in [0.2, 0.25) is 5.15 Å². The van der Waals surface area contributed by atoms with E-state index in [0.29, 0.717) is 23.4 Å². The number of phenolic OH excluding ortho intramolecular Hbond substituents is 1. The predicted octanol–water partition coefficient (Wildman–Crippen LogP) is 3.00. The van der Waals surface area contributed by atoms with E-state index in [-0.39, 0.29) is 10.9 Å². The third-order valence-corrected chi connectivity index (χ3v) is 2.31. The van der Waals surface area contributed by atoms with E-state index in [1.807, 2.05) is 0 Å². The zero-order valence-electron chi connectivity index (χ0n) is 8.72. The topological polar surface area (TPSA) is 62.2 Å². The summed E-state index contributed by atoms with van der Waals surface area (Å²) in [6.07, 6.45) is 0.684. The standard InChI is InChI=1S/C12H9ClN2O2/c13-11-5-8(7-16)6-12(15-11)14-9-3-1-2-4-10(9)17/h1-7,17H,(H,14,15). The summed E-state index contributed by atoms with van der Waals surface area (Å²) in [5, 5.41) is 12.7. The van der Waals surface area contributed by atoms with E-state index in [1.54, 1.807) is 30.3 Å². The lowest BCUT2D eigenvalue weighted by Crippen LogP contribution is -1.95. The summed E-state index contributed by atoms with van der Waals surface area (Å²) in [5.74, 6) is 0.503. The second-order valence-electron chi connectivity index (χ2n) is 3.37. The van der Waals surface area contributed by atoms with Gasteiger partial charge in [0.05, 0.1) is 5.69 Å². The van der Waals surface area contributed by atoms with Crippen molar-refractivity contribution in [1.82, 2.24) is 4.98 Å². The van der Waals surface area contributed by atoms with Gasteiger partial charge in [-0.3, -0.25) is 4.79 Å². The van der Waals surface area contributed by atoms with E-state index in [9.17, 15) is 9.90 Å². The highest BCUT2D eigenvalue weighted by molar-refractivity contribution is 6.29. The number of pyridine rings is 1. The molecule has 0 unspecified atom stereocenters. The number of carbonyl (C=O) groups excluding carboxylic acids is 1. The van der Waals surface area contributed by atoms with Gasteiger partial charge in [0.15, 0.2) is 0 Å². The number of aromatic hydroxyl groups is 1. The van der Waals surface area contributed by atoms with Crippen molar-refractivity contribution in [2.24, 2.45) is 0 Å². The Balaban J connectivity index is 2.33. The number of carbonyl (C=O) groups is 1. The number of aromatic nitrogens is 1. The highest BCUT2D eigenvalue weighted by atomic mass is 35.5. The Morgan fingerprint density at radius 1 is 1.29 bits per heavy atom. The minimum Gasteiger partial charge on any atom is -0.506 e. The number of nitrogens with one attached hydrogen (secondary N) is 1. The van der Waals surface area contributed by atoms with Crippen molar-refractivity contribution in [1.29, 1.82) is 0 Å². The smallest absolute Gasteiger partial charge is 0.150 e. The molecule has 2 rings (SSSR count). The first kappa shape index (κ1) is 11.4. The Morgan fingerprint density at radius 2 is 2.06 bits per heavy atom. The predicted molar refractivity (Wildman–Crippen MR) is 66.0 cm³/mol. The van der Waals surface area contributed by atoms with Crippen molar-refractivity contribution in [2.75, 3.05) is 5.32 Å². The molecule has 0 atom stereocenters. The maximum absolute atomic E-state index is 10.7. The van der Waals surface area contributed by atoms with Gasteiger partial charge in [-0.25, -0.2) is 4.98 Å². The number of benzene rings is 1. The molecule has 0 saturated carbocycles. The molecule has 86 valence electrons. The van der Waals surface area contributed by atoms with Crippen LogP contribution in [-0.2, 0) is 0 Å². The molecule has 0 aliphatic rings. The molecule has 2 aromatic rings. The molecule has 1 heterocycles.